The maximum absolute atomic E-state index is 13.5. The van der Waals surface area contributed by atoms with Crippen LogP contribution in [0.25, 0.3) is 0 Å². The molecule has 0 aromatic heterocycles. The van der Waals surface area contributed by atoms with Crippen LogP contribution < -0.4 is 0 Å². The van der Waals surface area contributed by atoms with Gasteiger partial charge in [-0.15, -0.1) is 0 Å². The Morgan fingerprint density at radius 1 is 0.525 bits per heavy atom. The molecule has 40 heavy (non-hydrogen) atoms. The van der Waals surface area contributed by atoms with Gasteiger partial charge in [-0.25, -0.2) is 0 Å². The van der Waals surface area contributed by atoms with Gasteiger partial charge in [0.15, 0.2) is 0 Å². The van der Waals surface area contributed by atoms with Gasteiger partial charge in [0, 0.05) is 58.9 Å². The van der Waals surface area contributed by atoms with Gasteiger partial charge in [-0.2, -0.15) is 39.5 Å². The molecule has 1 heterocycles. The predicted molar refractivity (Wildman–Crippen MR) is 115 cm³/mol. The quantitative estimate of drug-likeness (QED) is 0.272. The highest BCUT2D eigenvalue weighted by molar-refractivity contribution is 5.69. The van der Waals surface area contributed by atoms with Crippen LogP contribution in [0.3, 0.4) is 0 Å². The molecule has 0 aliphatic carbocycles. The number of carboxylic acids is 3. The van der Waals surface area contributed by atoms with Gasteiger partial charge in [0.25, 0.3) is 5.41 Å². The first kappa shape index (κ1) is 35.6. The van der Waals surface area contributed by atoms with Crippen molar-refractivity contribution in [1.82, 2.24) is 19.6 Å². The highest BCUT2D eigenvalue weighted by Gasteiger charge is 2.86. The predicted octanol–water partition coefficient (Wildman–Crippen LogP) is 0.496. The van der Waals surface area contributed by atoms with Gasteiger partial charge in [0.1, 0.15) is 0 Å². The zero-order valence-electron chi connectivity index (χ0n) is 20.8. The summed E-state index contributed by atoms with van der Waals surface area (Å²) in [6.45, 7) is -6.35. The fraction of sp³-hybridized carbons (Fsp3) is 0.850. The van der Waals surface area contributed by atoms with Crippen LogP contribution in [0.4, 0.5) is 39.5 Å². The second-order valence-electron chi connectivity index (χ2n) is 9.13. The van der Waals surface area contributed by atoms with Crippen LogP contribution in [-0.2, 0) is 14.4 Å². The Morgan fingerprint density at radius 2 is 0.750 bits per heavy atom. The highest BCUT2D eigenvalue weighted by atomic mass is 19.4. The Morgan fingerprint density at radius 3 is 0.950 bits per heavy atom. The van der Waals surface area contributed by atoms with Crippen molar-refractivity contribution in [2.45, 2.75) is 24.6 Å². The van der Waals surface area contributed by atoms with Crippen molar-refractivity contribution in [2.24, 2.45) is 5.41 Å². The lowest BCUT2D eigenvalue weighted by Crippen LogP contribution is -2.68. The monoisotopic (exact) mass is 608 g/mol. The molecule has 0 spiro atoms. The van der Waals surface area contributed by atoms with Crippen molar-refractivity contribution in [3.05, 3.63) is 0 Å². The third-order valence-electron chi connectivity index (χ3n) is 6.28. The molecule has 0 saturated carbocycles. The fourth-order valence-corrected chi connectivity index (χ4v) is 4.24. The molecule has 1 aliphatic rings. The van der Waals surface area contributed by atoms with Gasteiger partial charge in [0.2, 0.25) is 0 Å². The minimum Gasteiger partial charge on any atom is -0.480 e. The smallest absolute Gasteiger partial charge is 0.414 e. The number of carboxylic acid groups (broad SMARTS) is 3. The van der Waals surface area contributed by atoms with Crippen molar-refractivity contribution >= 4 is 17.9 Å². The molecule has 0 amide bonds. The van der Waals surface area contributed by atoms with E-state index >= 15 is 0 Å². The third kappa shape index (κ3) is 9.60. The maximum atomic E-state index is 13.5. The summed E-state index contributed by atoms with van der Waals surface area (Å²) in [6, 6.07) is 0. The van der Waals surface area contributed by atoms with Crippen LogP contribution in [-0.4, -0.2) is 161 Å². The summed E-state index contributed by atoms with van der Waals surface area (Å²) in [5.41, 5.74) is -6.50. The number of β-amino-alcohol motifs (C(OH)–C–C–N with tert-alkyl or cyclic N) is 1. The SMILES string of the molecule is O=C(O)CN1CCN(CC(=O)O)CCN(CC(O)C(C(F)(F)F)(C(F)(F)F)C(F)(F)F)CCN(CC(=O)O)CC1. The van der Waals surface area contributed by atoms with E-state index in [1.54, 1.807) is 0 Å². The zero-order valence-corrected chi connectivity index (χ0v) is 20.8. The van der Waals surface area contributed by atoms with E-state index in [9.17, 15) is 59.0 Å². The number of halogens is 9. The number of hydrogen-bond donors (Lipinski definition) is 4. The minimum atomic E-state index is -7.01. The van der Waals surface area contributed by atoms with Gasteiger partial charge in [-0.1, -0.05) is 0 Å². The lowest BCUT2D eigenvalue weighted by molar-refractivity contribution is -0.448. The summed E-state index contributed by atoms with van der Waals surface area (Å²) >= 11 is 0. The molecular formula is C20H29F9N4O7. The molecular weight excluding hydrogens is 579 g/mol. The van der Waals surface area contributed by atoms with Crippen molar-refractivity contribution in [2.75, 3.05) is 78.5 Å². The summed E-state index contributed by atoms with van der Waals surface area (Å²) in [5, 5.41) is 37.3. The van der Waals surface area contributed by atoms with Gasteiger partial charge >= 0.3 is 36.4 Å². The Bertz CT molecular complexity index is 803. The lowest BCUT2D eigenvalue weighted by atomic mass is 9.79. The highest BCUT2D eigenvalue weighted by Crippen LogP contribution is 2.61. The molecule has 0 aromatic rings. The summed E-state index contributed by atoms with van der Waals surface area (Å²) < 4.78 is 121. The van der Waals surface area contributed by atoms with E-state index in [4.69, 9.17) is 15.3 Å². The van der Waals surface area contributed by atoms with E-state index in [1.807, 2.05) is 0 Å². The Kier molecular flexibility index (Phi) is 12.4. The number of aliphatic carboxylic acids is 3. The molecule has 1 aliphatic heterocycles. The van der Waals surface area contributed by atoms with Gasteiger partial charge in [-0.05, 0) is 0 Å². The molecule has 4 N–H and O–H groups in total. The van der Waals surface area contributed by atoms with Crippen molar-refractivity contribution in [3.63, 3.8) is 0 Å². The molecule has 1 unspecified atom stereocenters. The molecule has 11 nitrogen and oxygen atoms in total. The Hall–Kier alpha value is -2.42. The van der Waals surface area contributed by atoms with Crippen LogP contribution >= 0.6 is 0 Å². The van der Waals surface area contributed by atoms with Crippen LogP contribution in [0.15, 0.2) is 0 Å². The zero-order chi connectivity index (χ0) is 31.1. The average Bonchev–Trinajstić information content (AvgIpc) is 2.71. The normalized spacial score (nSPS) is 19.9. The molecule has 20 heteroatoms. The first-order valence-corrected chi connectivity index (χ1v) is 11.5. The van der Waals surface area contributed by atoms with E-state index in [-0.39, 0.29) is 26.2 Å². The van der Waals surface area contributed by atoms with Crippen LogP contribution in [0.1, 0.15) is 0 Å². The molecule has 0 bridgehead atoms. The molecule has 234 valence electrons. The van der Waals surface area contributed by atoms with Gasteiger partial charge in [-0.3, -0.25) is 34.0 Å². The van der Waals surface area contributed by atoms with Crippen molar-refractivity contribution in [3.8, 4) is 0 Å². The summed E-state index contributed by atoms with van der Waals surface area (Å²) in [7, 11) is 0. The topological polar surface area (TPSA) is 145 Å². The van der Waals surface area contributed by atoms with Crippen LogP contribution in [0.5, 0.6) is 0 Å². The third-order valence-corrected chi connectivity index (χ3v) is 6.28. The second-order valence-corrected chi connectivity index (χ2v) is 9.13. The first-order valence-electron chi connectivity index (χ1n) is 11.5. The van der Waals surface area contributed by atoms with E-state index < -0.39 is 100 Å². The first-order chi connectivity index (χ1) is 18.1. The van der Waals surface area contributed by atoms with Gasteiger partial charge in [0.05, 0.1) is 25.7 Å². The largest absolute Gasteiger partial charge is 0.480 e. The molecule has 0 radical (unpaired) electrons. The van der Waals surface area contributed by atoms with E-state index in [0.717, 1.165) is 9.80 Å². The number of rotatable bonds is 9. The van der Waals surface area contributed by atoms with Crippen molar-refractivity contribution in [1.29, 1.82) is 0 Å². The van der Waals surface area contributed by atoms with E-state index in [2.05, 4.69) is 0 Å². The van der Waals surface area contributed by atoms with Crippen molar-refractivity contribution < 1.29 is 74.3 Å². The summed E-state index contributed by atoms with van der Waals surface area (Å²) in [5.74, 6) is -4.06. The van der Waals surface area contributed by atoms with Crippen LogP contribution in [0.2, 0.25) is 0 Å². The number of hydrogen-bond acceptors (Lipinski definition) is 8. The molecule has 0 aromatic carbocycles. The molecule has 1 rings (SSSR count). The second kappa shape index (κ2) is 14.0. The van der Waals surface area contributed by atoms with E-state index in [0.29, 0.717) is 4.90 Å². The lowest BCUT2D eigenvalue weighted by Gasteiger charge is -2.43. The number of carbonyl (C=O) groups is 3. The average molecular weight is 608 g/mol. The molecule has 1 atom stereocenters. The number of alkyl halides is 9. The number of aliphatic hydroxyl groups is 1. The molecule has 1 fully saturated rings. The van der Waals surface area contributed by atoms with Crippen LogP contribution in [0, 0.1) is 5.41 Å². The summed E-state index contributed by atoms with van der Waals surface area (Å²) in [4.78, 5) is 37.9. The molecule has 1 saturated heterocycles. The fourth-order valence-electron chi connectivity index (χ4n) is 4.24. The number of nitrogens with zero attached hydrogens (tertiary/aromatic N) is 4. The summed E-state index contributed by atoms with van der Waals surface area (Å²) in [6.07, 6.45) is -25.1. The standard InChI is InChI=1S/C20H29F9N4O7/c21-18(22,23)17(19(24,25)26,20(27,28)29)13(34)9-30-1-3-31(10-14(35)36)5-7-33(12-16(39)40)8-6-32(4-2-30)11-15(37)38/h13,34H,1-12H2,(H,35,36)(H,37,38)(H,39,40). The van der Waals surface area contributed by atoms with E-state index in [1.165, 1.54) is 4.90 Å². The minimum absolute atomic E-state index is 0.0948. The Labute approximate surface area is 221 Å². The number of aliphatic hydroxyl groups excluding tert-OH is 1. The Balaban J connectivity index is 3.40. The maximum Gasteiger partial charge on any atom is 0.414 e. The van der Waals surface area contributed by atoms with Gasteiger partial charge < -0.3 is 20.4 Å².